The average Bonchev–Trinajstić information content (AvgIpc) is 2.49. The summed E-state index contributed by atoms with van der Waals surface area (Å²) in [5.74, 6) is 1.78. The highest BCUT2D eigenvalue weighted by Gasteiger charge is 2.23. The van der Waals surface area contributed by atoms with Crippen molar-refractivity contribution in [1.82, 2.24) is 0 Å². The van der Waals surface area contributed by atoms with E-state index in [4.69, 9.17) is 0 Å². The third-order valence-electron chi connectivity index (χ3n) is 3.30. The molecule has 0 radical (unpaired) electrons. The van der Waals surface area contributed by atoms with Gasteiger partial charge in [-0.15, -0.1) is 0 Å². The number of rotatable bonds is 6. The van der Waals surface area contributed by atoms with Crippen LogP contribution in [0.5, 0.6) is 0 Å². The van der Waals surface area contributed by atoms with Gasteiger partial charge in [0.05, 0.1) is 5.76 Å². The maximum Gasteiger partial charge on any atom is 0.162 e. The number of Topliss-reactive ketones (excluding diaryl/α,β-unsaturated/α-hetero) is 1. The lowest BCUT2D eigenvalue weighted by atomic mass is 9.93. The molecular formula is C14H24O2. The Morgan fingerprint density at radius 2 is 1.88 bits per heavy atom. The van der Waals surface area contributed by atoms with Crippen LogP contribution in [0, 0.1) is 11.8 Å². The van der Waals surface area contributed by atoms with Gasteiger partial charge >= 0.3 is 0 Å². The van der Waals surface area contributed by atoms with Gasteiger partial charge in [-0.05, 0) is 18.3 Å². The summed E-state index contributed by atoms with van der Waals surface area (Å²) in [5, 5.41) is 9.58. The molecule has 2 nitrogen and oxygen atoms in total. The molecule has 0 aromatic heterocycles. The summed E-state index contributed by atoms with van der Waals surface area (Å²) in [6, 6.07) is 0. The van der Waals surface area contributed by atoms with Crippen LogP contribution < -0.4 is 0 Å². The molecule has 0 amide bonds. The quantitative estimate of drug-likeness (QED) is 0.740. The summed E-state index contributed by atoms with van der Waals surface area (Å²) in [6.07, 6.45) is 5.47. The first-order chi connectivity index (χ1) is 7.50. The first-order valence-electron chi connectivity index (χ1n) is 6.45. The molecule has 0 fully saturated rings. The van der Waals surface area contributed by atoms with Crippen LogP contribution in [0.2, 0.25) is 0 Å². The second kappa shape index (κ2) is 6.07. The van der Waals surface area contributed by atoms with Crippen LogP contribution in [-0.2, 0) is 4.79 Å². The molecule has 0 aromatic rings. The van der Waals surface area contributed by atoms with Crippen molar-refractivity contribution in [3.8, 4) is 0 Å². The van der Waals surface area contributed by atoms with Crippen LogP contribution in [0.4, 0.5) is 0 Å². The van der Waals surface area contributed by atoms with Gasteiger partial charge in [-0.2, -0.15) is 0 Å². The topological polar surface area (TPSA) is 37.3 Å². The number of allylic oxidation sites excluding steroid dienone is 2. The molecule has 92 valence electrons. The predicted molar refractivity (Wildman–Crippen MR) is 66.4 cm³/mol. The first-order valence-corrected chi connectivity index (χ1v) is 6.45. The molecule has 0 aromatic carbocycles. The molecule has 0 spiro atoms. The molecule has 2 heteroatoms. The normalized spacial score (nSPS) is 18.6. The number of hydrogen-bond acceptors (Lipinski definition) is 2. The van der Waals surface area contributed by atoms with E-state index < -0.39 is 0 Å². The largest absolute Gasteiger partial charge is 0.512 e. The van der Waals surface area contributed by atoms with Crippen LogP contribution in [0.3, 0.4) is 0 Å². The van der Waals surface area contributed by atoms with Gasteiger partial charge in [0.2, 0.25) is 0 Å². The van der Waals surface area contributed by atoms with Crippen LogP contribution >= 0.6 is 0 Å². The van der Waals surface area contributed by atoms with E-state index in [0.29, 0.717) is 30.1 Å². The lowest BCUT2D eigenvalue weighted by molar-refractivity contribution is -0.115. The van der Waals surface area contributed by atoms with E-state index in [1.165, 1.54) is 12.8 Å². The second-order valence-corrected chi connectivity index (χ2v) is 5.48. The highest BCUT2D eigenvalue weighted by molar-refractivity contribution is 5.98. The van der Waals surface area contributed by atoms with Gasteiger partial charge in [0, 0.05) is 18.4 Å². The fourth-order valence-corrected chi connectivity index (χ4v) is 2.25. The lowest BCUT2D eigenvalue weighted by Gasteiger charge is -2.12. The number of carbonyl (C=O) groups excluding carboxylic acids is 1. The van der Waals surface area contributed by atoms with Crippen molar-refractivity contribution in [3.05, 3.63) is 11.3 Å². The molecule has 0 saturated heterocycles. The first kappa shape index (κ1) is 13.3. The number of carbonyl (C=O) groups is 1. The van der Waals surface area contributed by atoms with Crippen molar-refractivity contribution < 1.29 is 9.90 Å². The Balaban J connectivity index is 2.31. The molecule has 0 aliphatic heterocycles. The standard InChI is InChI=1S/C14H24O2/c1-10(2)5-4-6-11(3)9-12-13(15)7-8-14(12)16/h10-11,15H,4-9H2,1-3H3/t11-/m0/s1. The van der Waals surface area contributed by atoms with E-state index in [0.717, 1.165) is 18.8 Å². The fraction of sp³-hybridized carbons (Fsp3) is 0.786. The fourth-order valence-electron chi connectivity index (χ4n) is 2.25. The molecule has 0 unspecified atom stereocenters. The Labute approximate surface area is 98.7 Å². The Morgan fingerprint density at radius 1 is 1.19 bits per heavy atom. The minimum Gasteiger partial charge on any atom is -0.512 e. The summed E-state index contributed by atoms with van der Waals surface area (Å²) in [7, 11) is 0. The molecular weight excluding hydrogens is 200 g/mol. The lowest BCUT2D eigenvalue weighted by Crippen LogP contribution is -2.04. The maximum absolute atomic E-state index is 11.5. The zero-order valence-electron chi connectivity index (χ0n) is 10.8. The van der Waals surface area contributed by atoms with Gasteiger partial charge in [0.1, 0.15) is 0 Å². The molecule has 1 N–H and O–H groups in total. The molecule has 1 rings (SSSR count). The zero-order chi connectivity index (χ0) is 12.1. The highest BCUT2D eigenvalue weighted by Crippen LogP contribution is 2.28. The Bertz CT molecular complexity index is 276. The van der Waals surface area contributed by atoms with E-state index in [1.54, 1.807) is 0 Å². The monoisotopic (exact) mass is 224 g/mol. The van der Waals surface area contributed by atoms with Gasteiger partial charge in [-0.25, -0.2) is 0 Å². The molecule has 1 aliphatic carbocycles. The second-order valence-electron chi connectivity index (χ2n) is 5.48. The predicted octanol–water partition coefficient (Wildman–Crippen LogP) is 4.01. The van der Waals surface area contributed by atoms with E-state index in [-0.39, 0.29) is 5.78 Å². The van der Waals surface area contributed by atoms with Gasteiger partial charge in [-0.1, -0.05) is 40.0 Å². The molecule has 1 aliphatic rings. The van der Waals surface area contributed by atoms with Crippen molar-refractivity contribution in [2.24, 2.45) is 11.8 Å². The maximum atomic E-state index is 11.5. The number of ketones is 1. The van der Waals surface area contributed by atoms with Crippen LogP contribution in [0.25, 0.3) is 0 Å². The van der Waals surface area contributed by atoms with Crippen LogP contribution in [-0.4, -0.2) is 10.9 Å². The third-order valence-corrected chi connectivity index (χ3v) is 3.30. The van der Waals surface area contributed by atoms with Crippen molar-refractivity contribution in [1.29, 1.82) is 0 Å². The minimum atomic E-state index is 0.160. The van der Waals surface area contributed by atoms with Gasteiger partial charge < -0.3 is 5.11 Å². The minimum absolute atomic E-state index is 0.160. The molecule has 1 atom stereocenters. The summed E-state index contributed by atoms with van der Waals surface area (Å²) in [5.41, 5.74) is 0.706. The number of aliphatic hydroxyl groups excluding tert-OH is 1. The SMILES string of the molecule is CC(C)CCC[C@H](C)CC1=C(O)CCC1=O. The smallest absolute Gasteiger partial charge is 0.162 e. The number of aliphatic hydroxyl groups is 1. The summed E-state index contributed by atoms with van der Waals surface area (Å²) in [4.78, 5) is 11.5. The van der Waals surface area contributed by atoms with Crippen molar-refractivity contribution in [3.63, 3.8) is 0 Å². The third kappa shape index (κ3) is 3.99. The van der Waals surface area contributed by atoms with Gasteiger partial charge in [0.15, 0.2) is 5.78 Å². The van der Waals surface area contributed by atoms with Crippen LogP contribution in [0.15, 0.2) is 11.3 Å². The summed E-state index contributed by atoms with van der Waals surface area (Å²) < 4.78 is 0. The van der Waals surface area contributed by atoms with E-state index in [2.05, 4.69) is 20.8 Å². The molecule has 0 saturated carbocycles. The molecule has 16 heavy (non-hydrogen) atoms. The van der Waals surface area contributed by atoms with Crippen LogP contribution in [0.1, 0.15) is 59.3 Å². The Morgan fingerprint density at radius 3 is 2.38 bits per heavy atom. The van der Waals surface area contributed by atoms with Gasteiger partial charge in [0.25, 0.3) is 0 Å². The zero-order valence-corrected chi connectivity index (χ0v) is 10.8. The average molecular weight is 224 g/mol. The number of hydrogen-bond donors (Lipinski definition) is 1. The van der Waals surface area contributed by atoms with Crippen molar-refractivity contribution in [2.45, 2.75) is 59.3 Å². The molecule has 0 bridgehead atoms. The Hall–Kier alpha value is -0.790. The van der Waals surface area contributed by atoms with E-state index in [1.807, 2.05) is 0 Å². The highest BCUT2D eigenvalue weighted by atomic mass is 16.3. The van der Waals surface area contributed by atoms with E-state index in [9.17, 15) is 9.90 Å². The van der Waals surface area contributed by atoms with Crippen molar-refractivity contribution >= 4 is 5.78 Å². The van der Waals surface area contributed by atoms with E-state index >= 15 is 0 Å². The summed E-state index contributed by atoms with van der Waals surface area (Å²) >= 11 is 0. The van der Waals surface area contributed by atoms with Crippen molar-refractivity contribution in [2.75, 3.05) is 0 Å². The Kier molecular flexibility index (Phi) is 5.04. The van der Waals surface area contributed by atoms with Gasteiger partial charge in [-0.3, -0.25) is 4.79 Å². The molecule has 0 heterocycles. The summed E-state index contributed by atoms with van der Waals surface area (Å²) in [6.45, 7) is 6.64.